The minimum absolute atomic E-state index is 0.415. The predicted molar refractivity (Wildman–Crippen MR) is 81.5 cm³/mol. The van der Waals surface area contributed by atoms with Crippen molar-refractivity contribution in [2.75, 3.05) is 20.7 Å². The number of unbranched alkanes of at least 4 members (excludes halogenated alkanes) is 1. The van der Waals surface area contributed by atoms with Gasteiger partial charge in [0.15, 0.2) is 5.11 Å². The number of hydrogen-bond acceptors (Lipinski definition) is 3. The molecule has 0 heterocycles. The molecule has 0 amide bonds. The zero-order valence-electron chi connectivity index (χ0n) is 11.5. The normalized spacial score (nSPS) is 11.7. The van der Waals surface area contributed by atoms with Gasteiger partial charge < -0.3 is 20.5 Å². The van der Waals surface area contributed by atoms with Crippen molar-refractivity contribution in [2.24, 2.45) is 0 Å². The van der Waals surface area contributed by atoms with Gasteiger partial charge in [0.1, 0.15) is 5.75 Å². The molecule has 19 heavy (non-hydrogen) atoms. The number of methoxy groups -OCH3 is 1. The van der Waals surface area contributed by atoms with E-state index in [1.807, 2.05) is 24.3 Å². The van der Waals surface area contributed by atoms with Crippen molar-refractivity contribution in [3.8, 4) is 5.75 Å². The molecule has 0 aromatic heterocycles. The van der Waals surface area contributed by atoms with Crippen molar-refractivity contribution in [3.63, 3.8) is 0 Å². The Morgan fingerprint density at radius 2 is 2.00 bits per heavy atom. The molecule has 4 nitrogen and oxygen atoms in total. The van der Waals surface area contributed by atoms with E-state index < -0.39 is 6.10 Å². The summed E-state index contributed by atoms with van der Waals surface area (Å²) in [6.07, 6.45) is 2.27. The Balaban J connectivity index is 2.23. The van der Waals surface area contributed by atoms with E-state index >= 15 is 0 Å². The molecule has 0 radical (unpaired) electrons. The standard InChI is InChI=1S/C14H22N2O2S/c1-15-14(19)16-10-4-3-5-13(17)11-6-8-12(18-2)9-7-11/h6-9,13,17H,3-5,10H2,1-2H3,(H2,15,16,19). The van der Waals surface area contributed by atoms with Gasteiger partial charge in [-0.3, -0.25) is 0 Å². The maximum absolute atomic E-state index is 10.0. The van der Waals surface area contributed by atoms with Crippen LogP contribution in [0.15, 0.2) is 24.3 Å². The van der Waals surface area contributed by atoms with E-state index in [4.69, 9.17) is 17.0 Å². The molecule has 1 rings (SSSR count). The molecule has 0 saturated heterocycles. The van der Waals surface area contributed by atoms with E-state index in [0.29, 0.717) is 5.11 Å². The number of benzene rings is 1. The summed E-state index contributed by atoms with van der Waals surface area (Å²) < 4.78 is 5.09. The average molecular weight is 282 g/mol. The Labute approximate surface area is 120 Å². The molecule has 0 saturated carbocycles. The Kier molecular flexibility index (Phi) is 7.22. The Morgan fingerprint density at radius 3 is 2.58 bits per heavy atom. The third-order valence-corrected chi connectivity index (χ3v) is 3.27. The van der Waals surface area contributed by atoms with E-state index in [1.54, 1.807) is 14.2 Å². The lowest BCUT2D eigenvalue weighted by Gasteiger charge is -2.12. The first kappa shape index (κ1) is 15.7. The third kappa shape index (κ3) is 5.89. The molecule has 0 spiro atoms. The van der Waals surface area contributed by atoms with Crippen LogP contribution in [-0.2, 0) is 0 Å². The summed E-state index contributed by atoms with van der Waals surface area (Å²) in [7, 11) is 3.43. The molecule has 1 unspecified atom stereocenters. The molecule has 3 N–H and O–H groups in total. The molecule has 1 aromatic carbocycles. The van der Waals surface area contributed by atoms with Crippen molar-refractivity contribution in [2.45, 2.75) is 25.4 Å². The minimum atomic E-state index is -0.415. The van der Waals surface area contributed by atoms with E-state index in [0.717, 1.165) is 37.1 Å². The van der Waals surface area contributed by atoms with Crippen LogP contribution in [-0.4, -0.2) is 30.9 Å². The van der Waals surface area contributed by atoms with Gasteiger partial charge in [-0.05, 0) is 49.2 Å². The Bertz CT molecular complexity index is 382. The first-order valence-corrected chi connectivity index (χ1v) is 6.85. The largest absolute Gasteiger partial charge is 0.497 e. The highest BCUT2D eigenvalue weighted by Gasteiger charge is 2.07. The van der Waals surface area contributed by atoms with E-state index in [1.165, 1.54) is 0 Å². The summed E-state index contributed by atoms with van der Waals surface area (Å²) in [6, 6.07) is 7.53. The highest BCUT2D eigenvalue weighted by atomic mass is 32.1. The monoisotopic (exact) mass is 282 g/mol. The fraction of sp³-hybridized carbons (Fsp3) is 0.500. The molecule has 0 bridgehead atoms. The van der Waals surface area contributed by atoms with Gasteiger partial charge in [-0.1, -0.05) is 12.1 Å². The topological polar surface area (TPSA) is 53.5 Å². The van der Waals surface area contributed by atoms with Crippen molar-refractivity contribution in [1.29, 1.82) is 0 Å². The number of thiocarbonyl (C=S) groups is 1. The molecule has 0 aliphatic heterocycles. The number of aliphatic hydroxyl groups is 1. The molecule has 0 aliphatic rings. The van der Waals surface area contributed by atoms with Crippen molar-refractivity contribution in [1.82, 2.24) is 10.6 Å². The summed E-state index contributed by atoms with van der Waals surface area (Å²) in [5, 5.41) is 16.6. The van der Waals surface area contributed by atoms with Gasteiger partial charge >= 0.3 is 0 Å². The minimum Gasteiger partial charge on any atom is -0.497 e. The fourth-order valence-corrected chi connectivity index (χ4v) is 1.85. The van der Waals surface area contributed by atoms with Gasteiger partial charge in [0.2, 0.25) is 0 Å². The lowest BCUT2D eigenvalue weighted by atomic mass is 10.0. The van der Waals surface area contributed by atoms with Gasteiger partial charge in [0.25, 0.3) is 0 Å². The number of rotatable bonds is 7. The number of ether oxygens (including phenoxy) is 1. The smallest absolute Gasteiger partial charge is 0.166 e. The average Bonchev–Trinajstić information content (AvgIpc) is 2.46. The number of aliphatic hydroxyl groups excluding tert-OH is 1. The first-order valence-electron chi connectivity index (χ1n) is 6.45. The van der Waals surface area contributed by atoms with Crippen LogP contribution in [0.5, 0.6) is 5.75 Å². The van der Waals surface area contributed by atoms with Crippen LogP contribution in [0.4, 0.5) is 0 Å². The van der Waals surface area contributed by atoms with Gasteiger partial charge in [-0.15, -0.1) is 0 Å². The summed E-state index contributed by atoms with van der Waals surface area (Å²) in [5.41, 5.74) is 0.930. The summed E-state index contributed by atoms with van der Waals surface area (Å²) in [6.45, 7) is 0.828. The predicted octanol–water partition coefficient (Wildman–Crippen LogP) is 1.99. The number of hydrogen-bond donors (Lipinski definition) is 3. The molecule has 0 fully saturated rings. The molecule has 0 aliphatic carbocycles. The highest BCUT2D eigenvalue weighted by molar-refractivity contribution is 7.80. The van der Waals surface area contributed by atoms with Crippen molar-refractivity contribution >= 4 is 17.3 Å². The quantitative estimate of drug-likeness (QED) is 0.527. The lowest BCUT2D eigenvalue weighted by Crippen LogP contribution is -2.32. The fourth-order valence-electron chi connectivity index (χ4n) is 1.75. The van der Waals surface area contributed by atoms with E-state index in [9.17, 15) is 5.11 Å². The second kappa shape index (κ2) is 8.72. The Morgan fingerprint density at radius 1 is 1.32 bits per heavy atom. The molecule has 1 aromatic rings. The molecule has 1 atom stereocenters. The van der Waals surface area contributed by atoms with Crippen LogP contribution >= 0.6 is 12.2 Å². The van der Waals surface area contributed by atoms with E-state index in [-0.39, 0.29) is 0 Å². The lowest BCUT2D eigenvalue weighted by molar-refractivity contribution is 0.164. The SMILES string of the molecule is CNC(=S)NCCCCC(O)c1ccc(OC)cc1. The molecular weight excluding hydrogens is 260 g/mol. The second-order valence-corrected chi connectivity index (χ2v) is 4.70. The van der Waals surface area contributed by atoms with Crippen LogP contribution in [0.25, 0.3) is 0 Å². The first-order chi connectivity index (χ1) is 9.17. The van der Waals surface area contributed by atoms with Gasteiger partial charge in [0, 0.05) is 13.6 Å². The van der Waals surface area contributed by atoms with Crippen molar-refractivity contribution in [3.05, 3.63) is 29.8 Å². The van der Waals surface area contributed by atoms with Gasteiger partial charge in [0.05, 0.1) is 13.2 Å². The zero-order valence-corrected chi connectivity index (χ0v) is 12.3. The van der Waals surface area contributed by atoms with Crippen LogP contribution in [0.2, 0.25) is 0 Å². The van der Waals surface area contributed by atoms with Crippen LogP contribution in [0.1, 0.15) is 30.9 Å². The third-order valence-electron chi connectivity index (χ3n) is 2.92. The van der Waals surface area contributed by atoms with Crippen LogP contribution in [0.3, 0.4) is 0 Å². The zero-order chi connectivity index (χ0) is 14.1. The van der Waals surface area contributed by atoms with Crippen LogP contribution in [0, 0.1) is 0 Å². The number of nitrogens with one attached hydrogen (secondary N) is 2. The van der Waals surface area contributed by atoms with Crippen molar-refractivity contribution < 1.29 is 9.84 Å². The van der Waals surface area contributed by atoms with Crippen LogP contribution < -0.4 is 15.4 Å². The van der Waals surface area contributed by atoms with Gasteiger partial charge in [-0.2, -0.15) is 0 Å². The summed E-state index contributed by atoms with van der Waals surface area (Å²) >= 11 is 4.97. The summed E-state index contributed by atoms with van der Waals surface area (Å²) in [4.78, 5) is 0. The maximum atomic E-state index is 10.0. The van der Waals surface area contributed by atoms with E-state index in [2.05, 4.69) is 10.6 Å². The Hall–Kier alpha value is -1.33. The highest BCUT2D eigenvalue weighted by Crippen LogP contribution is 2.21. The molecular formula is C14H22N2O2S. The molecule has 5 heteroatoms. The maximum Gasteiger partial charge on any atom is 0.166 e. The summed E-state index contributed by atoms with van der Waals surface area (Å²) in [5.74, 6) is 0.806. The molecule has 106 valence electrons. The second-order valence-electron chi connectivity index (χ2n) is 4.29. The van der Waals surface area contributed by atoms with Gasteiger partial charge in [-0.25, -0.2) is 0 Å².